The van der Waals surface area contributed by atoms with Crippen molar-refractivity contribution in [3.8, 4) is 22.6 Å². The van der Waals surface area contributed by atoms with Gasteiger partial charge in [0.25, 0.3) is 11.5 Å². The fraction of sp³-hybridized carbons (Fsp3) is 0.419. The molecule has 0 unspecified atom stereocenters. The summed E-state index contributed by atoms with van der Waals surface area (Å²) in [5.41, 5.74) is 3.75. The number of thiophene rings is 1. The first-order valence-corrected chi connectivity index (χ1v) is 15.4. The van der Waals surface area contributed by atoms with Gasteiger partial charge < -0.3 is 29.6 Å². The Kier molecular flexibility index (Phi) is 8.12. The van der Waals surface area contributed by atoms with Crippen molar-refractivity contribution in [3.05, 3.63) is 57.1 Å². The lowest BCUT2D eigenvalue weighted by atomic mass is 10.0. The van der Waals surface area contributed by atoms with Gasteiger partial charge in [0, 0.05) is 18.7 Å². The highest BCUT2D eigenvalue weighted by atomic mass is 32.1. The van der Waals surface area contributed by atoms with E-state index in [0.29, 0.717) is 64.4 Å². The number of pyridine rings is 1. The number of anilines is 2. The maximum Gasteiger partial charge on any atom is 0.293 e. The molecule has 1 aliphatic carbocycles. The first-order chi connectivity index (χ1) is 20.4. The number of likely N-dealkylation sites (tertiary alicyclic amines) is 1. The summed E-state index contributed by atoms with van der Waals surface area (Å²) in [6.07, 6.45) is 5.77. The molecule has 10 nitrogen and oxygen atoms in total. The van der Waals surface area contributed by atoms with Gasteiger partial charge >= 0.3 is 0 Å². The summed E-state index contributed by atoms with van der Waals surface area (Å²) in [5.74, 6) is 1.57. The Bertz CT molecular complexity index is 1640. The monoisotopic (exact) mass is 588 g/mol. The number of benzene rings is 1. The second kappa shape index (κ2) is 12.1. The fourth-order valence-electron chi connectivity index (χ4n) is 5.22. The minimum atomic E-state index is -0.207. The maximum atomic E-state index is 13.4. The number of carbonyl (C=O) groups is 1. The summed E-state index contributed by atoms with van der Waals surface area (Å²) in [5, 5.41) is 10.4. The van der Waals surface area contributed by atoms with Crippen LogP contribution >= 0.6 is 11.3 Å². The Morgan fingerprint density at radius 3 is 2.64 bits per heavy atom. The van der Waals surface area contributed by atoms with Crippen molar-refractivity contribution >= 4 is 39.9 Å². The van der Waals surface area contributed by atoms with Crippen molar-refractivity contribution in [1.29, 1.82) is 0 Å². The van der Waals surface area contributed by atoms with E-state index in [4.69, 9.17) is 14.5 Å². The fourth-order valence-corrected chi connectivity index (χ4v) is 5.87. The first kappa shape index (κ1) is 28.2. The van der Waals surface area contributed by atoms with E-state index in [-0.39, 0.29) is 17.5 Å². The van der Waals surface area contributed by atoms with Crippen LogP contribution in [-0.4, -0.2) is 64.7 Å². The van der Waals surface area contributed by atoms with Crippen LogP contribution in [0, 0.1) is 5.92 Å². The number of hydrogen-bond donors (Lipinski definition) is 2. The molecule has 1 saturated heterocycles. The highest BCUT2D eigenvalue weighted by Crippen LogP contribution is 2.37. The van der Waals surface area contributed by atoms with E-state index >= 15 is 0 Å². The molecule has 0 bridgehead atoms. The molecule has 3 aromatic heterocycles. The molecule has 1 aliphatic heterocycles. The second-order valence-electron chi connectivity index (χ2n) is 11.1. The number of aromatic nitrogens is 3. The predicted molar refractivity (Wildman–Crippen MR) is 165 cm³/mol. The molecule has 0 radical (unpaired) electrons. The topological polar surface area (TPSA) is 111 Å². The summed E-state index contributed by atoms with van der Waals surface area (Å²) in [6, 6.07) is 7.48. The molecule has 220 valence electrons. The van der Waals surface area contributed by atoms with Crippen LogP contribution in [0.2, 0.25) is 0 Å². The van der Waals surface area contributed by atoms with Crippen LogP contribution in [-0.2, 0) is 7.05 Å². The third-order valence-corrected chi connectivity index (χ3v) is 8.59. The van der Waals surface area contributed by atoms with Gasteiger partial charge in [-0.3, -0.25) is 9.59 Å². The third-order valence-electron chi connectivity index (χ3n) is 7.91. The van der Waals surface area contributed by atoms with Crippen LogP contribution < -0.4 is 25.7 Å². The third kappa shape index (κ3) is 5.98. The van der Waals surface area contributed by atoms with Gasteiger partial charge in [-0.2, -0.15) is 11.3 Å². The molecule has 2 N–H and O–H groups in total. The smallest absolute Gasteiger partial charge is 0.293 e. The number of ether oxygens (including phenoxy) is 2. The van der Waals surface area contributed by atoms with E-state index in [0.717, 1.165) is 44.3 Å². The molecule has 0 spiro atoms. The molecule has 4 aromatic rings. The van der Waals surface area contributed by atoms with E-state index in [1.165, 1.54) is 0 Å². The summed E-state index contributed by atoms with van der Waals surface area (Å²) < 4.78 is 13.6. The molecular weight excluding hydrogens is 552 g/mol. The number of amides is 1. The van der Waals surface area contributed by atoms with Crippen molar-refractivity contribution < 1.29 is 14.3 Å². The molecule has 42 heavy (non-hydrogen) atoms. The highest BCUT2D eigenvalue weighted by Gasteiger charge is 2.26. The van der Waals surface area contributed by atoms with Crippen LogP contribution in [0.5, 0.6) is 11.5 Å². The summed E-state index contributed by atoms with van der Waals surface area (Å²) in [7, 11) is 3.81. The van der Waals surface area contributed by atoms with Crippen LogP contribution in [0.15, 0.2) is 46.0 Å². The second-order valence-corrected chi connectivity index (χ2v) is 11.9. The lowest BCUT2D eigenvalue weighted by molar-refractivity contribution is 0.0916. The molecule has 1 aromatic carbocycles. The van der Waals surface area contributed by atoms with E-state index in [1.807, 2.05) is 29.8 Å². The first-order valence-electron chi connectivity index (χ1n) is 14.5. The average molecular weight is 589 g/mol. The summed E-state index contributed by atoms with van der Waals surface area (Å²) >= 11 is 1.55. The maximum absolute atomic E-state index is 13.4. The molecule has 0 atom stereocenters. The predicted octanol–water partition coefficient (Wildman–Crippen LogP) is 4.81. The molecule has 2 aliphatic rings. The zero-order valence-corrected chi connectivity index (χ0v) is 25.0. The zero-order chi connectivity index (χ0) is 29.2. The van der Waals surface area contributed by atoms with Crippen LogP contribution in [0.1, 0.15) is 43.0 Å². The Morgan fingerprint density at radius 1 is 1.12 bits per heavy atom. The number of rotatable bonds is 10. The van der Waals surface area contributed by atoms with Gasteiger partial charge in [-0.15, -0.1) is 0 Å². The van der Waals surface area contributed by atoms with Gasteiger partial charge in [0.1, 0.15) is 11.3 Å². The number of piperidine rings is 1. The molecule has 11 heteroatoms. The van der Waals surface area contributed by atoms with Gasteiger partial charge in [-0.25, -0.2) is 9.97 Å². The lowest BCUT2D eigenvalue weighted by Gasteiger charge is -2.29. The van der Waals surface area contributed by atoms with Gasteiger partial charge in [-0.1, -0.05) is 0 Å². The Balaban J connectivity index is 1.32. The average Bonchev–Trinajstić information content (AvgIpc) is 3.67. The van der Waals surface area contributed by atoms with E-state index in [9.17, 15) is 9.59 Å². The molecule has 2 fully saturated rings. The lowest BCUT2D eigenvalue weighted by Crippen LogP contribution is -2.43. The van der Waals surface area contributed by atoms with E-state index in [2.05, 4.69) is 27.6 Å². The molecular formula is C31H36N6O4S. The molecule has 1 saturated carbocycles. The minimum absolute atomic E-state index is 0.112. The number of nitrogens with zero attached hydrogens (tertiary/aromatic N) is 4. The number of fused-ring (bicyclic) bond motifs is 1. The van der Waals surface area contributed by atoms with Crippen molar-refractivity contribution in [1.82, 2.24) is 24.8 Å². The highest BCUT2D eigenvalue weighted by molar-refractivity contribution is 7.08. The largest absolute Gasteiger partial charge is 0.492 e. The van der Waals surface area contributed by atoms with E-state index in [1.54, 1.807) is 41.3 Å². The number of carbonyl (C=O) groups excluding carboxylic acids is 1. The van der Waals surface area contributed by atoms with Crippen molar-refractivity contribution in [2.24, 2.45) is 13.0 Å². The van der Waals surface area contributed by atoms with Gasteiger partial charge in [0.05, 0.1) is 36.2 Å². The number of hydrogen-bond acceptors (Lipinski definition) is 9. The molecule has 1 amide bonds. The SMILES string of the molecule is CCOc1cc(C(=O)NC2CCN(C)CC2)ccc1Nc1ncc2c(n1)c(-c1ccsc1)c(OCC1CC1)c(=O)n2C. The normalized spacial score (nSPS) is 16.0. The summed E-state index contributed by atoms with van der Waals surface area (Å²) in [6.45, 7) is 4.79. The standard InChI is InChI=1S/C31H36N6O4S/c1-4-40-25-15-20(29(38)33-22-9-12-36(2)13-10-22)7-8-23(25)34-31-32-16-24-27(35-31)26(21-11-14-42-18-21)28(30(39)37(24)3)41-17-19-5-6-19/h7-8,11,14-16,18-19,22H,4-6,9-10,12-13,17H2,1-3H3,(H,33,38)(H,32,34,35). The van der Waals surface area contributed by atoms with Gasteiger partial charge in [0.2, 0.25) is 5.95 Å². The Morgan fingerprint density at radius 2 is 1.93 bits per heavy atom. The Labute approximate surface area is 248 Å². The number of nitrogens with one attached hydrogen (secondary N) is 2. The summed E-state index contributed by atoms with van der Waals surface area (Å²) in [4.78, 5) is 38.1. The van der Waals surface area contributed by atoms with Crippen molar-refractivity contribution in [2.45, 2.75) is 38.6 Å². The zero-order valence-electron chi connectivity index (χ0n) is 24.2. The Hall–Kier alpha value is -3.96. The number of aryl methyl sites for hydroxylation is 1. The molecule has 6 rings (SSSR count). The van der Waals surface area contributed by atoms with Crippen molar-refractivity contribution in [2.75, 3.05) is 38.7 Å². The van der Waals surface area contributed by atoms with Crippen LogP contribution in [0.4, 0.5) is 11.6 Å². The van der Waals surface area contributed by atoms with Crippen LogP contribution in [0.3, 0.4) is 0 Å². The quantitative estimate of drug-likeness (QED) is 0.272. The van der Waals surface area contributed by atoms with E-state index < -0.39 is 0 Å². The minimum Gasteiger partial charge on any atom is -0.492 e. The van der Waals surface area contributed by atoms with Crippen LogP contribution in [0.25, 0.3) is 22.2 Å². The van der Waals surface area contributed by atoms with Gasteiger partial charge in [-0.05, 0) is 99.3 Å². The van der Waals surface area contributed by atoms with Crippen molar-refractivity contribution in [3.63, 3.8) is 0 Å². The van der Waals surface area contributed by atoms with Gasteiger partial charge in [0.15, 0.2) is 5.75 Å². The molecule has 4 heterocycles.